The maximum Gasteiger partial charge on any atom is 0.409 e. The van der Waals surface area contributed by atoms with Gasteiger partial charge >= 0.3 is 12.1 Å². The molecule has 0 spiro atoms. The molecule has 2 aliphatic rings. The quantitative estimate of drug-likeness (QED) is 0.160. The summed E-state index contributed by atoms with van der Waals surface area (Å²) >= 11 is 0. The number of carbonyl (C=O) groups is 2. The van der Waals surface area contributed by atoms with E-state index in [1.54, 1.807) is 24.0 Å². The first-order valence-electron chi connectivity index (χ1n) is 16.7. The second kappa shape index (κ2) is 17.4. The molecule has 1 saturated carbocycles. The summed E-state index contributed by atoms with van der Waals surface area (Å²) in [4.78, 5) is 30.0. The van der Waals surface area contributed by atoms with E-state index in [2.05, 4.69) is 25.0 Å². The molecule has 1 N–H and O–H groups in total. The molecule has 3 rings (SSSR count). The number of hydrogen-bond donors (Lipinski definition) is 1. The van der Waals surface area contributed by atoms with Gasteiger partial charge in [0.1, 0.15) is 5.67 Å². The normalized spacial score (nSPS) is 20.2. The van der Waals surface area contributed by atoms with E-state index >= 15 is 4.39 Å². The zero-order valence-corrected chi connectivity index (χ0v) is 28.5. The molecule has 0 radical (unpaired) electrons. The molecule has 1 aliphatic carbocycles. The van der Waals surface area contributed by atoms with Crippen LogP contribution in [0.2, 0.25) is 25.7 Å². The van der Waals surface area contributed by atoms with Crippen LogP contribution in [0, 0.1) is 11.8 Å². The molecule has 1 aromatic carbocycles. The highest BCUT2D eigenvalue weighted by Gasteiger charge is 2.43. The molecule has 1 unspecified atom stereocenters. The monoisotopic (exact) mass is 619 g/mol. The number of hydrogen-bond acceptors (Lipinski definition) is 4. The van der Waals surface area contributed by atoms with Crippen molar-refractivity contribution in [1.82, 2.24) is 15.1 Å². The average Bonchev–Trinajstić information content (AvgIpc) is 2.99. The van der Waals surface area contributed by atoms with Gasteiger partial charge in [0.2, 0.25) is 0 Å². The van der Waals surface area contributed by atoms with E-state index in [-0.39, 0.29) is 24.1 Å². The number of nitrogens with zero attached hydrogens (tertiary/aromatic N) is 2. The van der Waals surface area contributed by atoms with Crippen LogP contribution in [-0.2, 0) is 15.1 Å². The van der Waals surface area contributed by atoms with Gasteiger partial charge in [0.25, 0.3) is 0 Å². The lowest BCUT2D eigenvalue weighted by Gasteiger charge is -2.42. The van der Waals surface area contributed by atoms with Crippen LogP contribution >= 0.6 is 0 Å². The summed E-state index contributed by atoms with van der Waals surface area (Å²) in [5.41, 5.74) is -0.806. The van der Waals surface area contributed by atoms with Gasteiger partial charge in [0.05, 0.1) is 6.61 Å². The van der Waals surface area contributed by atoms with Gasteiger partial charge < -0.3 is 24.6 Å². The second-order valence-corrected chi connectivity index (χ2v) is 19.8. The number of rotatable bonds is 15. The number of halogens is 1. The van der Waals surface area contributed by atoms with Crippen LogP contribution in [0.25, 0.3) is 0 Å². The Bertz CT molecular complexity index is 972. The van der Waals surface area contributed by atoms with Gasteiger partial charge in [-0.25, -0.2) is 14.0 Å². The fourth-order valence-corrected chi connectivity index (χ4v) is 7.41. The predicted molar refractivity (Wildman–Crippen MR) is 175 cm³/mol. The van der Waals surface area contributed by atoms with Crippen LogP contribution in [0.5, 0.6) is 0 Å². The van der Waals surface area contributed by atoms with E-state index in [0.717, 1.165) is 51.0 Å². The molecule has 1 aliphatic heterocycles. The number of carbonyl (C=O) groups excluding carboxylic acids is 2. The Morgan fingerprint density at radius 2 is 1.79 bits per heavy atom. The molecule has 1 heterocycles. The van der Waals surface area contributed by atoms with Crippen molar-refractivity contribution in [1.29, 1.82) is 0 Å². The Morgan fingerprint density at radius 1 is 1.07 bits per heavy atom. The van der Waals surface area contributed by atoms with Crippen LogP contribution in [0.3, 0.4) is 0 Å². The molecule has 9 heteroatoms. The minimum absolute atomic E-state index is 0.152. The lowest BCUT2D eigenvalue weighted by Crippen LogP contribution is -2.54. The van der Waals surface area contributed by atoms with Crippen molar-refractivity contribution < 1.29 is 23.5 Å². The number of unbranched alkanes of at least 4 members (excludes halogenated alkanes) is 1. The molecule has 0 bridgehead atoms. The number of methoxy groups -OCH3 is 1. The molecule has 1 aromatic rings. The number of nitrogens with one attached hydrogen (secondary N) is 1. The first-order chi connectivity index (χ1) is 20.5. The van der Waals surface area contributed by atoms with Crippen molar-refractivity contribution in [3.63, 3.8) is 0 Å². The molecule has 3 atom stereocenters. The number of alkyl halides is 1. The van der Waals surface area contributed by atoms with Gasteiger partial charge in [-0.05, 0) is 56.1 Å². The molecule has 43 heavy (non-hydrogen) atoms. The van der Waals surface area contributed by atoms with Crippen LogP contribution in [0.15, 0.2) is 30.3 Å². The van der Waals surface area contributed by atoms with Crippen molar-refractivity contribution in [2.45, 2.75) is 108 Å². The Hall–Kier alpha value is -2.13. The number of ether oxygens (including phenoxy) is 2. The molecule has 1 saturated heterocycles. The maximum atomic E-state index is 17.0. The third-order valence-electron chi connectivity index (χ3n) is 9.30. The molecular formula is C34H58FN3O4Si. The summed E-state index contributed by atoms with van der Waals surface area (Å²) in [6.07, 6.45) is 9.99. The van der Waals surface area contributed by atoms with E-state index in [1.807, 2.05) is 30.3 Å². The third kappa shape index (κ3) is 11.7. The predicted octanol–water partition coefficient (Wildman–Crippen LogP) is 7.84. The van der Waals surface area contributed by atoms with Gasteiger partial charge in [-0.2, -0.15) is 0 Å². The maximum absolute atomic E-state index is 17.0. The third-order valence-corrected chi connectivity index (χ3v) is 11.0. The van der Waals surface area contributed by atoms with Crippen molar-refractivity contribution in [2.24, 2.45) is 11.8 Å². The largest absolute Gasteiger partial charge is 0.450 e. The van der Waals surface area contributed by atoms with Crippen molar-refractivity contribution in [3.05, 3.63) is 35.9 Å². The number of piperidine rings is 1. The van der Waals surface area contributed by atoms with E-state index in [9.17, 15) is 9.59 Å². The Labute approximate surface area is 261 Å². The van der Waals surface area contributed by atoms with E-state index < -0.39 is 13.7 Å². The summed E-state index contributed by atoms with van der Waals surface area (Å²) in [7, 11) is 2.13. The second-order valence-electron chi connectivity index (χ2n) is 14.2. The van der Waals surface area contributed by atoms with Crippen LogP contribution in [0.4, 0.5) is 14.0 Å². The molecular weight excluding hydrogens is 561 g/mol. The van der Waals surface area contributed by atoms with E-state index in [4.69, 9.17) is 9.47 Å². The van der Waals surface area contributed by atoms with Gasteiger partial charge in [-0.15, -0.1) is 0 Å². The van der Waals surface area contributed by atoms with Crippen molar-refractivity contribution in [3.8, 4) is 0 Å². The summed E-state index contributed by atoms with van der Waals surface area (Å²) in [5, 5.41) is 3.28. The summed E-state index contributed by atoms with van der Waals surface area (Å²) < 4.78 is 27.8. The fourth-order valence-electron chi connectivity index (χ4n) is 6.69. The number of benzene rings is 1. The number of likely N-dealkylation sites (N-methyl/N-ethyl adjacent to an activating group) is 1. The van der Waals surface area contributed by atoms with Gasteiger partial charge in [-0.3, -0.25) is 0 Å². The molecule has 0 aromatic heterocycles. The summed E-state index contributed by atoms with van der Waals surface area (Å²) in [6.45, 7) is 9.24. The number of likely N-dealkylation sites (tertiary alicyclic amines) is 1. The molecule has 7 nitrogen and oxygen atoms in total. The van der Waals surface area contributed by atoms with Gasteiger partial charge in [-0.1, -0.05) is 82.1 Å². The molecule has 244 valence electrons. The Balaban J connectivity index is 1.67. The smallest absolute Gasteiger partial charge is 0.409 e. The molecule has 3 amide bonds. The highest BCUT2D eigenvalue weighted by atomic mass is 28.3. The van der Waals surface area contributed by atoms with E-state index in [0.29, 0.717) is 50.8 Å². The zero-order valence-electron chi connectivity index (χ0n) is 27.5. The Kier molecular flexibility index (Phi) is 14.3. The number of amides is 3. The van der Waals surface area contributed by atoms with Crippen LogP contribution < -0.4 is 5.32 Å². The molecule has 2 fully saturated rings. The Morgan fingerprint density at radius 3 is 2.47 bits per heavy atom. The average molecular weight is 620 g/mol. The van der Waals surface area contributed by atoms with Crippen molar-refractivity contribution >= 4 is 20.2 Å². The van der Waals surface area contributed by atoms with Gasteiger partial charge in [0.15, 0.2) is 0 Å². The van der Waals surface area contributed by atoms with Crippen LogP contribution in [0.1, 0.15) is 76.2 Å². The standard InChI is InChI=1S/C34H58FN3O4Si/c1-37(33(40)42-23-24-43(3,4)5)27-31(25-28-15-8-6-9-16-28)36-32(39)38-21-14-19-30(26-38)34(35,20-12-13-22-41-2)29-17-10-7-11-18-29/h7,10-11,17-18,28,30-31H,6,8-9,12-16,19-27H2,1-5H3,(H,36,39)/t30-,31+,34?/m1/s1. The lowest BCUT2D eigenvalue weighted by molar-refractivity contribution is 0.0206. The lowest BCUT2D eigenvalue weighted by atomic mass is 9.75. The zero-order chi connectivity index (χ0) is 31.3. The summed E-state index contributed by atoms with van der Waals surface area (Å²) in [5.74, 6) is 0.255. The highest BCUT2D eigenvalue weighted by molar-refractivity contribution is 6.76. The van der Waals surface area contributed by atoms with Crippen LogP contribution in [-0.4, -0.2) is 83.0 Å². The number of urea groups is 1. The summed E-state index contributed by atoms with van der Waals surface area (Å²) in [6, 6.07) is 10.1. The highest BCUT2D eigenvalue weighted by Crippen LogP contribution is 2.43. The first kappa shape index (κ1) is 35.3. The SMILES string of the molecule is COCCCCC(F)(c1ccccc1)[C@@H]1CCCN(C(=O)N[C@@H](CC2CCCCC2)CN(C)C(=O)OCC[Si](C)(C)C)C1. The topological polar surface area (TPSA) is 71.1 Å². The minimum atomic E-state index is -1.50. The van der Waals surface area contributed by atoms with Crippen molar-refractivity contribution in [2.75, 3.05) is 47.0 Å². The van der Waals surface area contributed by atoms with Gasteiger partial charge in [0, 0.05) is 60.4 Å². The first-order valence-corrected chi connectivity index (χ1v) is 20.4. The fraction of sp³-hybridized carbons (Fsp3) is 0.765. The minimum Gasteiger partial charge on any atom is -0.450 e. The van der Waals surface area contributed by atoms with E-state index in [1.165, 1.54) is 19.3 Å².